The van der Waals surface area contributed by atoms with Crippen molar-refractivity contribution in [2.24, 2.45) is 0 Å². The van der Waals surface area contributed by atoms with Gasteiger partial charge in [-0.3, -0.25) is 14.5 Å². The summed E-state index contributed by atoms with van der Waals surface area (Å²) in [5.74, 6) is 0.206. The Morgan fingerprint density at radius 3 is 2.43 bits per heavy atom. The molecule has 1 unspecified atom stereocenters. The number of nitrogens with zero attached hydrogens (tertiary/aromatic N) is 2. The fourth-order valence-corrected chi connectivity index (χ4v) is 3.12. The summed E-state index contributed by atoms with van der Waals surface area (Å²) in [6, 6.07) is 20.3. The van der Waals surface area contributed by atoms with Crippen LogP contribution in [0, 0.1) is 0 Å². The molecule has 8 heteroatoms. The topological polar surface area (TPSA) is 110 Å². The largest absolute Gasteiger partial charge is 0.477 e. The smallest absolute Gasteiger partial charge is 0.269 e. The minimum Gasteiger partial charge on any atom is -0.477 e. The van der Waals surface area contributed by atoms with E-state index in [9.17, 15) is 9.59 Å². The van der Waals surface area contributed by atoms with Crippen molar-refractivity contribution in [3.05, 3.63) is 66.7 Å². The van der Waals surface area contributed by atoms with Crippen LogP contribution in [0.15, 0.2) is 66.7 Å². The maximum absolute atomic E-state index is 12.6. The first-order valence-electron chi connectivity index (χ1n) is 9.46. The van der Waals surface area contributed by atoms with Crippen LogP contribution in [-0.4, -0.2) is 29.4 Å². The molecule has 0 saturated carbocycles. The van der Waals surface area contributed by atoms with Crippen molar-refractivity contribution in [2.75, 3.05) is 27.8 Å². The van der Waals surface area contributed by atoms with E-state index >= 15 is 0 Å². The first-order chi connectivity index (χ1) is 14.5. The van der Waals surface area contributed by atoms with E-state index in [0.29, 0.717) is 11.4 Å². The van der Waals surface area contributed by atoms with Gasteiger partial charge in [-0.2, -0.15) is 0 Å². The van der Waals surface area contributed by atoms with Crippen LogP contribution in [-0.2, 0) is 9.59 Å². The summed E-state index contributed by atoms with van der Waals surface area (Å²) in [5, 5.41) is 6.08. The number of carbonyl (C=O) groups is 2. The highest BCUT2D eigenvalue weighted by Gasteiger charge is 2.34. The molecular weight excluding hydrogens is 382 g/mol. The van der Waals surface area contributed by atoms with Gasteiger partial charge >= 0.3 is 0 Å². The number of fused-ring (bicyclic) bond motifs is 1. The fraction of sp³-hybridized carbons (Fsp3) is 0.136. The van der Waals surface area contributed by atoms with Crippen molar-refractivity contribution >= 4 is 40.5 Å². The Morgan fingerprint density at radius 2 is 1.70 bits per heavy atom. The van der Waals surface area contributed by atoms with Crippen molar-refractivity contribution < 1.29 is 14.3 Å². The van der Waals surface area contributed by atoms with Gasteiger partial charge in [0.25, 0.3) is 5.91 Å². The van der Waals surface area contributed by atoms with Crippen LogP contribution in [0.1, 0.15) is 6.92 Å². The van der Waals surface area contributed by atoms with E-state index in [1.807, 2.05) is 42.5 Å². The molecule has 152 valence electrons. The normalized spacial score (nSPS) is 15.2. The zero-order valence-corrected chi connectivity index (χ0v) is 16.3. The van der Waals surface area contributed by atoms with Gasteiger partial charge in [0, 0.05) is 17.1 Å². The molecule has 1 atom stereocenters. The predicted octanol–water partition coefficient (Wildman–Crippen LogP) is 3.16. The van der Waals surface area contributed by atoms with Crippen LogP contribution >= 0.6 is 0 Å². The third kappa shape index (κ3) is 4.17. The Bertz CT molecular complexity index is 1070. The standard InChI is InChI=1S/C22H21N5O3/c1-14-22(29)27(21-18(30-14)11-12-19(23)26-21)13-20(28)25-17-9-7-16(8-10-17)24-15-5-3-2-4-6-15/h2-12,14,24H,13H2,1H3,(H2,23,26)(H,25,28). The predicted molar refractivity (Wildman–Crippen MR) is 116 cm³/mol. The number of para-hydroxylation sites is 1. The molecule has 1 aliphatic heterocycles. The number of nitrogens with one attached hydrogen (secondary N) is 2. The minimum absolute atomic E-state index is 0.194. The van der Waals surface area contributed by atoms with Gasteiger partial charge in [-0.25, -0.2) is 4.98 Å². The SMILES string of the molecule is CC1Oc2ccc(N)nc2N(CC(=O)Nc2ccc(Nc3ccccc3)cc2)C1=O. The molecule has 0 spiro atoms. The molecule has 2 heterocycles. The van der Waals surface area contributed by atoms with Gasteiger partial charge in [-0.05, 0) is 55.5 Å². The van der Waals surface area contributed by atoms with Gasteiger partial charge in [0.2, 0.25) is 5.91 Å². The summed E-state index contributed by atoms with van der Waals surface area (Å²) in [4.78, 5) is 30.6. The molecule has 4 N–H and O–H groups in total. The van der Waals surface area contributed by atoms with E-state index in [4.69, 9.17) is 10.5 Å². The number of ether oxygens (including phenoxy) is 1. The average Bonchev–Trinajstić information content (AvgIpc) is 2.74. The number of benzene rings is 2. The Labute approximate surface area is 173 Å². The maximum Gasteiger partial charge on any atom is 0.269 e. The maximum atomic E-state index is 12.6. The van der Waals surface area contributed by atoms with Crippen LogP contribution in [0.25, 0.3) is 0 Å². The van der Waals surface area contributed by atoms with Crippen molar-refractivity contribution in [1.82, 2.24) is 4.98 Å². The van der Waals surface area contributed by atoms with Crippen LogP contribution in [0.3, 0.4) is 0 Å². The average molecular weight is 403 g/mol. The summed E-state index contributed by atoms with van der Waals surface area (Å²) in [6.07, 6.45) is -0.709. The van der Waals surface area contributed by atoms with E-state index in [0.717, 1.165) is 11.4 Å². The summed E-state index contributed by atoms with van der Waals surface area (Å²) < 4.78 is 5.54. The summed E-state index contributed by atoms with van der Waals surface area (Å²) in [7, 11) is 0. The van der Waals surface area contributed by atoms with Crippen molar-refractivity contribution in [2.45, 2.75) is 13.0 Å². The molecule has 30 heavy (non-hydrogen) atoms. The van der Waals surface area contributed by atoms with E-state index in [1.54, 1.807) is 31.2 Å². The van der Waals surface area contributed by atoms with Gasteiger partial charge in [-0.15, -0.1) is 0 Å². The molecule has 2 aromatic carbocycles. The Kier molecular flexibility index (Phi) is 5.21. The molecule has 0 aliphatic carbocycles. The first-order valence-corrected chi connectivity index (χ1v) is 9.46. The monoisotopic (exact) mass is 403 g/mol. The number of rotatable bonds is 5. The van der Waals surface area contributed by atoms with E-state index in [-0.39, 0.29) is 30.0 Å². The molecule has 1 aromatic heterocycles. The first kappa shape index (κ1) is 19.3. The third-order valence-corrected chi connectivity index (χ3v) is 4.57. The number of hydrogen-bond acceptors (Lipinski definition) is 6. The lowest BCUT2D eigenvalue weighted by Crippen LogP contribution is -2.48. The van der Waals surface area contributed by atoms with Crippen LogP contribution in [0.2, 0.25) is 0 Å². The summed E-state index contributed by atoms with van der Waals surface area (Å²) >= 11 is 0. The van der Waals surface area contributed by atoms with E-state index in [2.05, 4.69) is 15.6 Å². The Balaban J connectivity index is 1.43. The summed E-state index contributed by atoms with van der Waals surface area (Å²) in [5.41, 5.74) is 8.22. The second-order valence-corrected chi connectivity index (χ2v) is 6.86. The lowest BCUT2D eigenvalue weighted by atomic mass is 10.2. The number of pyridine rings is 1. The van der Waals surface area contributed by atoms with Crippen molar-refractivity contribution in [3.8, 4) is 5.75 Å². The number of carbonyl (C=O) groups excluding carboxylic acids is 2. The third-order valence-electron chi connectivity index (χ3n) is 4.57. The van der Waals surface area contributed by atoms with Crippen molar-refractivity contribution in [3.63, 3.8) is 0 Å². The number of amides is 2. The highest BCUT2D eigenvalue weighted by atomic mass is 16.5. The van der Waals surface area contributed by atoms with Gasteiger partial charge in [0.05, 0.1) is 0 Å². The van der Waals surface area contributed by atoms with Gasteiger partial charge in [-0.1, -0.05) is 18.2 Å². The zero-order chi connectivity index (χ0) is 21.1. The molecule has 0 bridgehead atoms. The summed E-state index contributed by atoms with van der Waals surface area (Å²) in [6.45, 7) is 1.44. The number of anilines is 5. The zero-order valence-electron chi connectivity index (χ0n) is 16.3. The second-order valence-electron chi connectivity index (χ2n) is 6.86. The molecule has 3 aromatic rings. The highest BCUT2D eigenvalue weighted by Crippen LogP contribution is 2.32. The number of nitrogens with two attached hydrogens (primary N) is 1. The van der Waals surface area contributed by atoms with E-state index < -0.39 is 6.10 Å². The Morgan fingerprint density at radius 1 is 1.03 bits per heavy atom. The number of hydrogen-bond donors (Lipinski definition) is 3. The molecule has 8 nitrogen and oxygen atoms in total. The molecule has 2 amide bonds. The molecule has 0 fully saturated rings. The van der Waals surface area contributed by atoms with Gasteiger partial charge in [0.1, 0.15) is 12.4 Å². The molecule has 0 saturated heterocycles. The molecular formula is C22H21N5O3. The lowest BCUT2D eigenvalue weighted by molar-refractivity contribution is -0.127. The number of aromatic nitrogens is 1. The lowest BCUT2D eigenvalue weighted by Gasteiger charge is -2.31. The van der Waals surface area contributed by atoms with Gasteiger partial charge in [0.15, 0.2) is 17.7 Å². The van der Waals surface area contributed by atoms with Gasteiger partial charge < -0.3 is 21.1 Å². The molecule has 4 rings (SSSR count). The second kappa shape index (κ2) is 8.12. The van der Waals surface area contributed by atoms with Crippen molar-refractivity contribution in [1.29, 1.82) is 0 Å². The highest BCUT2D eigenvalue weighted by molar-refractivity contribution is 6.05. The number of nitrogen functional groups attached to an aromatic ring is 1. The quantitative estimate of drug-likeness (QED) is 0.604. The van der Waals surface area contributed by atoms with Crippen LogP contribution < -0.4 is 26.0 Å². The van der Waals surface area contributed by atoms with Crippen LogP contribution in [0.4, 0.5) is 28.7 Å². The van der Waals surface area contributed by atoms with E-state index in [1.165, 1.54) is 4.90 Å². The molecule has 0 radical (unpaired) electrons. The molecule has 1 aliphatic rings. The minimum atomic E-state index is -0.709. The fourth-order valence-electron chi connectivity index (χ4n) is 3.12. The van der Waals surface area contributed by atoms with Crippen LogP contribution in [0.5, 0.6) is 5.75 Å². The Hall–Kier alpha value is -4.07.